The van der Waals surface area contributed by atoms with E-state index < -0.39 is 18.0 Å². The van der Waals surface area contributed by atoms with Gasteiger partial charge in [0.2, 0.25) is 5.91 Å². The minimum atomic E-state index is -4.23. The molecule has 2 unspecified atom stereocenters. The van der Waals surface area contributed by atoms with Gasteiger partial charge in [-0.05, 0) is 32.1 Å². The Morgan fingerprint density at radius 1 is 0.944 bits per heavy atom. The second-order valence-corrected chi connectivity index (χ2v) is 5.43. The molecule has 18 heavy (non-hydrogen) atoms. The fourth-order valence-electron chi connectivity index (χ4n) is 3.17. The third-order valence-electron chi connectivity index (χ3n) is 4.17. The maximum Gasteiger partial charge on any atom is 0.392 e. The van der Waals surface area contributed by atoms with E-state index in [9.17, 15) is 18.0 Å². The van der Waals surface area contributed by atoms with Crippen molar-refractivity contribution < 1.29 is 18.0 Å². The average Bonchev–Trinajstić information content (AvgIpc) is 2.38. The average molecular weight is 263 g/mol. The number of carbonyl (C=O) groups excluding carboxylic acids is 1. The zero-order chi connectivity index (χ0) is 13.2. The van der Waals surface area contributed by atoms with Crippen LogP contribution >= 0.6 is 0 Å². The molecule has 1 heterocycles. The largest absolute Gasteiger partial charge is 0.392 e. The highest BCUT2D eigenvalue weighted by Crippen LogP contribution is 2.42. The third kappa shape index (κ3) is 2.98. The number of hydrogen-bond acceptors (Lipinski definition) is 1. The van der Waals surface area contributed by atoms with E-state index in [1.54, 1.807) is 4.90 Å². The van der Waals surface area contributed by atoms with Gasteiger partial charge in [0, 0.05) is 19.0 Å². The molecule has 5 heteroatoms. The summed E-state index contributed by atoms with van der Waals surface area (Å²) >= 11 is 0. The highest BCUT2D eigenvalue weighted by Gasteiger charge is 2.48. The Labute approximate surface area is 106 Å². The number of nitrogens with zero attached hydrogens (tertiary/aromatic N) is 1. The van der Waals surface area contributed by atoms with Gasteiger partial charge in [-0.1, -0.05) is 12.8 Å². The van der Waals surface area contributed by atoms with Crippen molar-refractivity contribution in [2.75, 3.05) is 13.1 Å². The summed E-state index contributed by atoms with van der Waals surface area (Å²) in [5.74, 6) is -2.49. The molecule has 2 fully saturated rings. The summed E-state index contributed by atoms with van der Waals surface area (Å²) < 4.78 is 38.8. The summed E-state index contributed by atoms with van der Waals surface area (Å²) in [4.78, 5) is 13.9. The molecular formula is C13H20F3NO. The van der Waals surface area contributed by atoms with Crippen LogP contribution in [0.4, 0.5) is 13.2 Å². The summed E-state index contributed by atoms with van der Waals surface area (Å²) in [6, 6.07) is 0. The van der Waals surface area contributed by atoms with Crippen LogP contribution in [-0.4, -0.2) is 30.1 Å². The number of amides is 1. The van der Waals surface area contributed by atoms with Crippen LogP contribution in [-0.2, 0) is 4.79 Å². The van der Waals surface area contributed by atoms with Crippen molar-refractivity contribution >= 4 is 5.91 Å². The lowest BCUT2D eigenvalue weighted by Gasteiger charge is -2.37. The van der Waals surface area contributed by atoms with Gasteiger partial charge in [-0.25, -0.2) is 0 Å². The molecule has 0 aromatic carbocycles. The molecule has 104 valence electrons. The van der Waals surface area contributed by atoms with Gasteiger partial charge in [-0.2, -0.15) is 13.2 Å². The molecule has 0 spiro atoms. The number of piperidine rings is 1. The third-order valence-corrected chi connectivity index (χ3v) is 4.17. The predicted molar refractivity (Wildman–Crippen MR) is 61.9 cm³/mol. The van der Waals surface area contributed by atoms with E-state index >= 15 is 0 Å². The lowest BCUT2D eigenvalue weighted by molar-refractivity contribution is -0.201. The second kappa shape index (κ2) is 5.49. The van der Waals surface area contributed by atoms with Crippen molar-refractivity contribution in [3.8, 4) is 0 Å². The van der Waals surface area contributed by atoms with Crippen molar-refractivity contribution in [3.05, 3.63) is 0 Å². The zero-order valence-corrected chi connectivity index (χ0v) is 10.5. The topological polar surface area (TPSA) is 20.3 Å². The molecular weight excluding hydrogens is 243 g/mol. The molecule has 0 aromatic heterocycles. The molecule has 0 radical (unpaired) electrons. The van der Waals surface area contributed by atoms with E-state index in [1.165, 1.54) is 0 Å². The quantitative estimate of drug-likeness (QED) is 0.710. The number of hydrogen-bond donors (Lipinski definition) is 0. The molecule has 1 saturated carbocycles. The fourth-order valence-corrected chi connectivity index (χ4v) is 3.17. The maximum atomic E-state index is 12.9. The van der Waals surface area contributed by atoms with Crippen molar-refractivity contribution in [2.24, 2.45) is 11.8 Å². The lowest BCUT2D eigenvalue weighted by atomic mass is 9.77. The molecule has 2 nitrogen and oxygen atoms in total. The smallest absolute Gasteiger partial charge is 0.342 e. The molecule has 1 amide bonds. The van der Waals surface area contributed by atoms with Crippen LogP contribution in [0.5, 0.6) is 0 Å². The van der Waals surface area contributed by atoms with Crippen molar-refractivity contribution in [1.29, 1.82) is 0 Å². The first-order valence-corrected chi connectivity index (χ1v) is 6.85. The number of rotatable bonds is 1. The van der Waals surface area contributed by atoms with Crippen molar-refractivity contribution in [2.45, 2.75) is 51.1 Å². The first kappa shape index (κ1) is 13.7. The Hall–Kier alpha value is -0.740. The van der Waals surface area contributed by atoms with Gasteiger partial charge in [0.1, 0.15) is 0 Å². The summed E-state index contributed by atoms with van der Waals surface area (Å²) in [7, 11) is 0. The summed E-state index contributed by atoms with van der Waals surface area (Å²) in [6.07, 6.45) is 0.565. The molecule has 0 N–H and O–H groups in total. The van der Waals surface area contributed by atoms with E-state index in [1.807, 2.05) is 0 Å². The maximum absolute atomic E-state index is 12.9. The summed E-state index contributed by atoms with van der Waals surface area (Å²) in [5.41, 5.74) is 0. The summed E-state index contributed by atoms with van der Waals surface area (Å²) in [6.45, 7) is 1.28. The van der Waals surface area contributed by atoms with E-state index in [-0.39, 0.29) is 12.3 Å². The van der Waals surface area contributed by atoms with E-state index in [0.29, 0.717) is 25.9 Å². The number of carbonyl (C=O) groups is 1. The van der Waals surface area contributed by atoms with Gasteiger partial charge in [-0.15, -0.1) is 0 Å². The molecule has 1 aliphatic carbocycles. The molecule has 0 aromatic rings. The first-order valence-electron chi connectivity index (χ1n) is 6.85. The molecule has 2 atom stereocenters. The van der Waals surface area contributed by atoms with Crippen LogP contribution < -0.4 is 0 Å². The Morgan fingerprint density at radius 3 is 2.17 bits per heavy atom. The molecule has 0 bridgehead atoms. The van der Waals surface area contributed by atoms with Crippen molar-refractivity contribution in [3.63, 3.8) is 0 Å². The minimum Gasteiger partial charge on any atom is -0.342 e. The Morgan fingerprint density at radius 2 is 1.56 bits per heavy atom. The normalized spacial score (nSPS) is 30.3. The number of halogens is 3. The Bertz CT molecular complexity index is 297. The van der Waals surface area contributed by atoms with Gasteiger partial charge in [-0.3, -0.25) is 4.79 Å². The SMILES string of the molecule is O=C(C1CCCCC1C(F)(F)F)N1CCCCC1. The van der Waals surface area contributed by atoms with Gasteiger partial charge in [0.15, 0.2) is 0 Å². The highest BCUT2D eigenvalue weighted by molar-refractivity contribution is 5.79. The zero-order valence-electron chi connectivity index (χ0n) is 10.5. The Kier molecular flexibility index (Phi) is 4.17. The molecule has 2 rings (SSSR count). The van der Waals surface area contributed by atoms with E-state index in [2.05, 4.69) is 0 Å². The van der Waals surface area contributed by atoms with Crippen LogP contribution in [0.3, 0.4) is 0 Å². The van der Waals surface area contributed by atoms with Crippen molar-refractivity contribution in [1.82, 2.24) is 4.90 Å². The fraction of sp³-hybridized carbons (Fsp3) is 0.923. The van der Waals surface area contributed by atoms with Crippen LogP contribution in [0.15, 0.2) is 0 Å². The monoisotopic (exact) mass is 263 g/mol. The lowest BCUT2D eigenvalue weighted by Crippen LogP contribution is -2.46. The second-order valence-electron chi connectivity index (χ2n) is 5.43. The van der Waals surface area contributed by atoms with Crippen LogP contribution in [0.1, 0.15) is 44.9 Å². The standard InChI is InChI=1S/C13H20F3NO/c14-13(15,16)11-7-3-2-6-10(11)12(18)17-8-4-1-5-9-17/h10-11H,1-9H2. The minimum absolute atomic E-state index is 0.119. The van der Waals surface area contributed by atoms with Crippen LogP contribution in [0, 0.1) is 11.8 Å². The Balaban J connectivity index is 2.05. The highest BCUT2D eigenvalue weighted by atomic mass is 19.4. The number of likely N-dealkylation sites (tertiary alicyclic amines) is 1. The van der Waals surface area contributed by atoms with Gasteiger partial charge in [0.25, 0.3) is 0 Å². The molecule has 1 aliphatic heterocycles. The van der Waals surface area contributed by atoms with E-state index in [4.69, 9.17) is 0 Å². The predicted octanol–water partition coefficient (Wildman–Crippen LogP) is 3.37. The molecule has 1 saturated heterocycles. The first-order chi connectivity index (χ1) is 8.50. The summed E-state index contributed by atoms with van der Waals surface area (Å²) in [5, 5.41) is 0. The number of alkyl halides is 3. The van der Waals surface area contributed by atoms with Gasteiger partial charge >= 0.3 is 6.18 Å². The van der Waals surface area contributed by atoms with Gasteiger partial charge in [0.05, 0.1) is 5.92 Å². The van der Waals surface area contributed by atoms with Gasteiger partial charge < -0.3 is 4.90 Å². The van der Waals surface area contributed by atoms with Crippen LogP contribution in [0.25, 0.3) is 0 Å². The van der Waals surface area contributed by atoms with Crippen LogP contribution in [0.2, 0.25) is 0 Å². The van der Waals surface area contributed by atoms with E-state index in [0.717, 1.165) is 25.7 Å². The molecule has 2 aliphatic rings.